The number of benzene rings is 1. The number of aromatic nitrogens is 2. The summed E-state index contributed by atoms with van der Waals surface area (Å²) in [4.78, 5) is 29.1. The van der Waals surface area contributed by atoms with E-state index in [1.54, 1.807) is 38.2 Å². The lowest BCUT2D eigenvalue weighted by Crippen LogP contribution is -2.21. The summed E-state index contributed by atoms with van der Waals surface area (Å²) in [6, 6.07) is 7.24. The van der Waals surface area contributed by atoms with Crippen molar-refractivity contribution in [2.75, 3.05) is 19.0 Å². The van der Waals surface area contributed by atoms with Crippen LogP contribution in [-0.2, 0) is 9.57 Å². The van der Waals surface area contributed by atoms with E-state index >= 15 is 0 Å². The summed E-state index contributed by atoms with van der Waals surface area (Å²) in [5.74, 6) is -0.858. The molecule has 154 valence electrons. The Morgan fingerprint density at radius 2 is 2.07 bits per heavy atom. The summed E-state index contributed by atoms with van der Waals surface area (Å²) in [6.45, 7) is 5.63. The number of nitrogens with one attached hydrogen (secondary N) is 2. The van der Waals surface area contributed by atoms with Gasteiger partial charge in [0, 0.05) is 17.4 Å². The van der Waals surface area contributed by atoms with Gasteiger partial charge in [0.15, 0.2) is 0 Å². The van der Waals surface area contributed by atoms with Gasteiger partial charge in [0.25, 0.3) is 5.91 Å². The number of anilines is 2. The fourth-order valence-corrected chi connectivity index (χ4v) is 3.10. The number of esters is 1. The smallest absolute Gasteiger partial charge is 0.340 e. The Balaban J connectivity index is 2.14. The maximum absolute atomic E-state index is 12.3. The van der Waals surface area contributed by atoms with Crippen LogP contribution in [0.4, 0.5) is 11.4 Å². The number of nitriles is 1. The van der Waals surface area contributed by atoms with Crippen LogP contribution in [0.1, 0.15) is 44.3 Å². The van der Waals surface area contributed by atoms with E-state index in [9.17, 15) is 14.9 Å². The van der Waals surface area contributed by atoms with Crippen molar-refractivity contribution < 1.29 is 19.2 Å². The van der Waals surface area contributed by atoms with E-state index in [-0.39, 0.29) is 6.61 Å². The first kappa shape index (κ1) is 20.8. The van der Waals surface area contributed by atoms with E-state index in [4.69, 9.17) is 4.74 Å². The molecule has 0 fully saturated rings. The van der Waals surface area contributed by atoms with Gasteiger partial charge in [0.05, 0.1) is 42.2 Å². The van der Waals surface area contributed by atoms with Gasteiger partial charge in [-0.1, -0.05) is 6.07 Å². The standard InChI is InChI=1S/C21H21N5O4/c1-5-30-21(28)16-11-26-19(13(16)3)18(15(9-22)10-23-26)24-17-8-14(7-6-12(17)2)20(27)25-29-4/h6-8,10-11,24H,5H2,1-4H3,(H,25,27). The molecule has 3 rings (SSSR count). The van der Waals surface area contributed by atoms with Crippen molar-refractivity contribution in [2.45, 2.75) is 20.8 Å². The molecule has 2 heterocycles. The van der Waals surface area contributed by atoms with Gasteiger partial charge in [0.2, 0.25) is 0 Å². The fraction of sp³-hybridized carbons (Fsp3) is 0.238. The Kier molecular flexibility index (Phi) is 5.99. The highest BCUT2D eigenvalue weighted by molar-refractivity contribution is 5.98. The van der Waals surface area contributed by atoms with Crippen molar-refractivity contribution in [3.8, 4) is 6.07 Å². The first-order chi connectivity index (χ1) is 14.4. The molecule has 0 aliphatic rings. The lowest BCUT2D eigenvalue weighted by Gasteiger charge is -2.14. The minimum absolute atomic E-state index is 0.252. The number of aryl methyl sites for hydroxylation is 2. The van der Waals surface area contributed by atoms with Crippen LogP contribution >= 0.6 is 0 Å². The van der Waals surface area contributed by atoms with Crippen LogP contribution in [0, 0.1) is 25.2 Å². The predicted molar refractivity (Wildman–Crippen MR) is 110 cm³/mol. The van der Waals surface area contributed by atoms with Crippen LogP contribution in [0.25, 0.3) is 5.52 Å². The van der Waals surface area contributed by atoms with Gasteiger partial charge in [-0.2, -0.15) is 10.4 Å². The largest absolute Gasteiger partial charge is 0.462 e. The lowest BCUT2D eigenvalue weighted by atomic mass is 10.1. The number of hydrogen-bond donors (Lipinski definition) is 2. The van der Waals surface area contributed by atoms with E-state index in [0.717, 1.165) is 5.56 Å². The van der Waals surface area contributed by atoms with Crippen molar-refractivity contribution in [1.82, 2.24) is 15.1 Å². The van der Waals surface area contributed by atoms with Crippen LogP contribution < -0.4 is 10.8 Å². The number of rotatable bonds is 6. The first-order valence-electron chi connectivity index (χ1n) is 9.20. The summed E-state index contributed by atoms with van der Waals surface area (Å²) >= 11 is 0. The maximum atomic E-state index is 12.3. The molecule has 1 amide bonds. The number of carbonyl (C=O) groups is 2. The third-order valence-corrected chi connectivity index (χ3v) is 4.63. The van der Waals surface area contributed by atoms with E-state index in [0.29, 0.717) is 39.1 Å². The second-order valence-electron chi connectivity index (χ2n) is 6.52. The Morgan fingerprint density at radius 3 is 2.73 bits per heavy atom. The Bertz CT molecular complexity index is 1180. The van der Waals surface area contributed by atoms with Gasteiger partial charge in [-0.25, -0.2) is 14.8 Å². The number of carbonyl (C=O) groups excluding carboxylic acids is 2. The van der Waals surface area contributed by atoms with Crippen LogP contribution in [0.5, 0.6) is 0 Å². The van der Waals surface area contributed by atoms with Gasteiger partial charge >= 0.3 is 5.97 Å². The number of hydroxylamine groups is 1. The molecule has 0 atom stereocenters. The molecule has 0 bridgehead atoms. The first-order valence-corrected chi connectivity index (χ1v) is 9.20. The quantitative estimate of drug-likeness (QED) is 0.476. The van der Waals surface area contributed by atoms with Gasteiger partial charge in [-0.3, -0.25) is 9.63 Å². The highest BCUT2D eigenvalue weighted by Crippen LogP contribution is 2.31. The van der Waals surface area contributed by atoms with Crippen LogP contribution in [-0.4, -0.2) is 35.2 Å². The maximum Gasteiger partial charge on any atom is 0.340 e. The molecular weight excluding hydrogens is 386 g/mol. The summed E-state index contributed by atoms with van der Waals surface area (Å²) in [6.07, 6.45) is 2.99. The molecule has 0 aliphatic heterocycles. The zero-order chi connectivity index (χ0) is 21.8. The van der Waals surface area contributed by atoms with Crippen molar-refractivity contribution in [3.63, 3.8) is 0 Å². The molecule has 3 aromatic rings. The van der Waals surface area contributed by atoms with Crippen molar-refractivity contribution in [2.24, 2.45) is 0 Å². The Morgan fingerprint density at radius 1 is 1.30 bits per heavy atom. The van der Waals surface area contributed by atoms with Crippen LogP contribution in [0.2, 0.25) is 0 Å². The Hall–Kier alpha value is -3.90. The third-order valence-electron chi connectivity index (χ3n) is 4.63. The average molecular weight is 407 g/mol. The Labute approximate surface area is 173 Å². The van der Waals surface area contributed by atoms with Crippen molar-refractivity contribution >= 4 is 28.8 Å². The molecule has 0 spiro atoms. The summed E-state index contributed by atoms with van der Waals surface area (Å²) in [7, 11) is 1.36. The molecular formula is C21H21N5O4. The van der Waals surface area contributed by atoms with Crippen molar-refractivity contribution in [1.29, 1.82) is 5.26 Å². The van der Waals surface area contributed by atoms with Gasteiger partial charge in [-0.05, 0) is 44.0 Å². The third kappa shape index (κ3) is 3.81. The molecule has 0 unspecified atom stereocenters. The van der Waals surface area contributed by atoms with Gasteiger partial charge < -0.3 is 10.1 Å². The topological polar surface area (TPSA) is 118 Å². The molecule has 0 saturated carbocycles. The minimum Gasteiger partial charge on any atom is -0.462 e. The van der Waals surface area contributed by atoms with Gasteiger partial charge in [-0.15, -0.1) is 0 Å². The predicted octanol–water partition coefficient (Wildman–Crippen LogP) is 3.03. The highest BCUT2D eigenvalue weighted by Gasteiger charge is 2.21. The molecule has 0 radical (unpaired) electrons. The average Bonchev–Trinajstić information content (AvgIpc) is 3.07. The van der Waals surface area contributed by atoms with E-state index in [1.165, 1.54) is 17.8 Å². The zero-order valence-corrected chi connectivity index (χ0v) is 17.1. The molecule has 9 nitrogen and oxygen atoms in total. The lowest BCUT2D eigenvalue weighted by molar-refractivity contribution is 0.0523. The molecule has 9 heteroatoms. The number of nitrogens with zero attached hydrogens (tertiary/aromatic N) is 3. The second-order valence-corrected chi connectivity index (χ2v) is 6.52. The summed E-state index contributed by atoms with van der Waals surface area (Å²) in [5, 5.41) is 17.1. The number of amides is 1. The zero-order valence-electron chi connectivity index (χ0n) is 17.1. The van der Waals surface area contributed by atoms with E-state index in [2.05, 4.69) is 26.8 Å². The molecule has 0 saturated heterocycles. The molecule has 0 aliphatic carbocycles. The number of fused-ring (bicyclic) bond motifs is 1. The summed E-state index contributed by atoms with van der Waals surface area (Å²) in [5.41, 5.74) is 6.49. The molecule has 30 heavy (non-hydrogen) atoms. The SMILES string of the molecule is CCOC(=O)c1cn2ncc(C#N)c(Nc3cc(C(=O)NOC)ccc3C)c2c1C. The molecule has 1 aromatic carbocycles. The van der Waals surface area contributed by atoms with Gasteiger partial charge in [0.1, 0.15) is 6.07 Å². The number of ether oxygens (including phenoxy) is 1. The highest BCUT2D eigenvalue weighted by atomic mass is 16.6. The fourth-order valence-electron chi connectivity index (χ4n) is 3.10. The van der Waals surface area contributed by atoms with Crippen LogP contribution in [0.15, 0.2) is 30.6 Å². The van der Waals surface area contributed by atoms with Crippen LogP contribution in [0.3, 0.4) is 0 Å². The second kappa shape index (κ2) is 8.63. The normalized spacial score (nSPS) is 10.5. The molecule has 2 aromatic heterocycles. The van der Waals surface area contributed by atoms with E-state index < -0.39 is 11.9 Å². The molecule has 2 N–H and O–H groups in total. The number of hydrogen-bond acceptors (Lipinski definition) is 7. The monoisotopic (exact) mass is 407 g/mol. The van der Waals surface area contributed by atoms with Crippen molar-refractivity contribution in [3.05, 3.63) is 58.4 Å². The van der Waals surface area contributed by atoms with E-state index in [1.807, 2.05) is 6.92 Å². The summed E-state index contributed by atoms with van der Waals surface area (Å²) < 4.78 is 6.64. The minimum atomic E-state index is -0.459.